The highest BCUT2D eigenvalue weighted by molar-refractivity contribution is 7.90. The molecule has 2 heterocycles. The number of amidine groups is 1. The van der Waals surface area contributed by atoms with Crippen molar-refractivity contribution >= 4 is 27.2 Å². The largest absolute Gasteiger partial charge is 0.408 e. The van der Waals surface area contributed by atoms with Crippen molar-refractivity contribution in [3.05, 3.63) is 17.9 Å². The third-order valence-corrected chi connectivity index (χ3v) is 7.06. The van der Waals surface area contributed by atoms with Crippen molar-refractivity contribution in [1.29, 1.82) is 0 Å². The van der Waals surface area contributed by atoms with Gasteiger partial charge in [0.2, 0.25) is 0 Å². The minimum Gasteiger partial charge on any atom is -0.390 e. The quantitative estimate of drug-likeness (QED) is 0.713. The number of fused-ring (bicyclic) bond motifs is 1. The van der Waals surface area contributed by atoms with Crippen LogP contribution in [0.25, 0.3) is 0 Å². The summed E-state index contributed by atoms with van der Waals surface area (Å²) in [5.41, 5.74) is -1.66. The standard InChI is InChI=1S/C18H21F4N3O3S/c1-17(2,26)10-5-14(18(20,21)22)25(8-10)12-6-11(19)7-13-15(12)23-16(9-3-4-9)24-29(13,27)28/h6-7,9-10,14,26H,3-5,8H2,1-2H3,(H,23,24)/t10-,14-/m0/s1. The van der Waals surface area contributed by atoms with Gasteiger partial charge in [-0.2, -0.15) is 21.6 Å². The number of alkyl halides is 3. The van der Waals surface area contributed by atoms with E-state index < -0.39 is 44.5 Å². The van der Waals surface area contributed by atoms with E-state index in [4.69, 9.17) is 0 Å². The molecule has 160 valence electrons. The summed E-state index contributed by atoms with van der Waals surface area (Å²) < 4.78 is 84.4. The average Bonchev–Trinajstić information content (AvgIpc) is 3.29. The van der Waals surface area contributed by atoms with Gasteiger partial charge in [-0.25, -0.2) is 4.39 Å². The van der Waals surface area contributed by atoms with Crippen LogP contribution in [-0.2, 0) is 10.0 Å². The molecule has 0 spiro atoms. The monoisotopic (exact) mass is 435 g/mol. The molecule has 0 amide bonds. The fraction of sp³-hybridized carbons (Fsp3) is 0.611. The number of halogens is 4. The van der Waals surface area contributed by atoms with E-state index in [1.807, 2.05) is 0 Å². The lowest BCUT2D eigenvalue weighted by atomic mass is 9.89. The van der Waals surface area contributed by atoms with Crippen LogP contribution in [0.4, 0.5) is 28.9 Å². The lowest BCUT2D eigenvalue weighted by Crippen LogP contribution is -2.42. The number of benzene rings is 1. The van der Waals surface area contributed by atoms with Gasteiger partial charge in [0.25, 0.3) is 10.0 Å². The average molecular weight is 435 g/mol. The first-order valence-corrected chi connectivity index (χ1v) is 10.7. The predicted octanol–water partition coefficient (Wildman–Crippen LogP) is 3.28. The molecule has 2 aliphatic heterocycles. The maximum atomic E-state index is 14.3. The molecule has 0 radical (unpaired) electrons. The molecule has 2 fully saturated rings. The van der Waals surface area contributed by atoms with Gasteiger partial charge in [0.1, 0.15) is 22.6 Å². The van der Waals surface area contributed by atoms with Crippen molar-refractivity contribution in [3.63, 3.8) is 0 Å². The van der Waals surface area contributed by atoms with Gasteiger partial charge in [-0.1, -0.05) is 0 Å². The van der Waals surface area contributed by atoms with E-state index in [0.717, 1.165) is 29.9 Å². The Hall–Kier alpha value is -1.88. The van der Waals surface area contributed by atoms with Crippen LogP contribution in [-0.4, -0.2) is 43.7 Å². The molecule has 3 aliphatic rings. The summed E-state index contributed by atoms with van der Waals surface area (Å²) >= 11 is 0. The van der Waals surface area contributed by atoms with Gasteiger partial charge in [0.05, 0.1) is 17.0 Å². The Balaban J connectivity index is 1.84. The fourth-order valence-electron chi connectivity index (χ4n) is 3.91. The van der Waals surface area contributed by atoms with Crippen molar-refractivity contribution in [2.45, 2.75) is 55.8 Å². The molecule has 4 rings (SSSR count). The van der Waals surface area contributed by atoms with E-state index in [0.29, 0.717) is 0 Å². The van der Waals surface area contributed by atoms with Crippen LogP contribution in [0.1, 0.15) is 33.1 Å². The van der Waals surface area contributed by atoms with E-state index in [1.165, 1.54) is 13.8 Å². The predicted molar refractivity (Wildman–Crippen MR) is 99.0 cm³/mol. The molecule has 0 bridgehead atoms. The molecule has 1 aliphatic carbocycles. The van der Waals surface area contributed by atoms with Crippen LogP contribution < -0.4 is 10.2 Å². The van der Waals surface area contributed by atoms with Gasteiger partial charge in [-0.3, -0.25) is 0 Å². The zero-order chi connectivity index (χ0) is 21.4. The van der Waals surface area contributed by atoms with Gasteiger partial charge < -0.3 is 15.3 Å². The van der Waals surface area contributed by atoms with Crippen molar-refractivity contribution in [2.75, 3.05) is 16.8 Å². The first kappa shape index (κ1) is 20.4. The molecular weight excluding hydrogens is 414 g/mol. The van der Waals surface area contributed by atoms with E-state index >= 15 is 0 Å². The number of anilines is 2. The zero-order valence-corrected chi connectivity index (χ0v) is 16.6. The van der Waals surface area contributed by atoms with E-state index in [1.54, 1.807) is 0 Å². The number of nitrogens with one attached hydrogen (secondary N) is 1. The smallest absolute Gasteiger partial charge is 0.390 e. The van der Waals surface area contributed by atoms with Crippen molar-refractivity contribution < 1.29 is 31.1 Å². The lowest BCUT2D eigenvalue weighted by Gasteiger charge is -2.32. The Bertz CT molecular complexity index is 981. The Morgan fingerprint density at radius 2 is 1.90 bits per heavy atom. The van der Waals surface area contributed by atoms with Gasteiger partial charge in [-0.05, 0) is 45.2 Å². The van der Waals surface area contributed by atoms with Gasteiger partial charge >= 0.3 is 6.18 Å². The summed E-state index contributed by atoms with van der Waals surface area (Å²) in [5.74, 6) is -1.63. The molecule has 2 N–H and O–H groups in total. The minimum absolute atomic E-state index is 0.0889. The van der Waals surface area contributed by atoms with Crippen LogP contribution in [0, 0.1) is 17.7 Å². The molecule has 2 atom stereocenters. The maximum Gasteiger partial charge on any atom is 0.408 e. The van der Waals surface area contributed by atoms with E-state index in [2.05, 4.69) is 9.71 Å². The number of nitrogens with zero attached hydrogens (tertiary/aromatic N) is 2. The third kappa shape index (κ3) is 3.70. The van der Waals surface area contributed by atoms with Gasteiger partial charge in [0, 0.05) is 18.4 Å². The Morgan fingerprint density at radius 3 is 2.45 bits per heavy atom. The van der Waals surface area contributed by atoms with Gasteiger partial charge in [0.15, 0.2) is 0 Å². The van der Waals surface area contributed by atoms with Crippen LogP contribution in [0.5, 0.6) is 0 Å². The highest BCUT2D eigenvalue weighted by Gasteiger charge is 2.53. The molecule has 1 aromatic rings. The highest BCUT2D eigenvalue weighted by Crippen LogP contribution is 2.47. The first-order valence-electron chi connectivity index (χ1n) is 9.28. The lowest BCUT2D eigenvalue weighted by molar-refractivity contribution is -0.148. The highest BCUT2D eigenvalue weighted by atomic mass is 32.2. The molecule has 1 saturated heterocycles. The molecular formula is C18H21F4N3O3S. The SMILES string of the molecule is CC(C)(O)[C@H]1C[C@@H](C(F)(F)F)N(c2cc(F)cc3c2NC(C2CC2)=NS3(=O)=O)C1. The molecule has 1 aromatic carbocycles. The normalized spacial score (nSPS) is 26.7. The number of rotatable bonds is 3. The third-order valence-electron chi connectivity index (χ3n) is 5.75. The second-order valence-corrected chi connectivity index (χ2v) is 10.0. The topological polar surface area (TPSA) is 82.0 Å². The number of hydrogen-bond donors (Lipinski definition) is 2. The van der Waals surface area contributed by atoms with Crippen molar-refractivity contribution in [3.8, 4) is 0 Å². The summed E-state index contributed by atoms with van der Waals surface area (Å²) in [7, 11) is -4.24. The van der Waals surface area contributed by atoms with E-state index in [-0.39, 0.29) is 36.1 Å². The van der Waals surface area contributed by atoms with Crippen LogP contribution in [0.15, 0.2) is 21.4 Å². The minimum atomic E-state index is -4.64. The molecule has 0 aromatic heterocycles. The zero-order valence-electron chi connectivity index (χ0n) is 15.8. The summed E-state index contributed by atoms with van der Waals surface area (Å²) in [6.45, 7) is 2.66. The number of aliphatic hydroxyl groups is 1. The Kier molecular flexibility index (Phi) is 4.44. The van der Waals surface area contributed by atoms with Crippen molar-refractivity contribution in [1.82, 2.24) is 0 Å². The number of hydrogen-bond acceptors (Lipinski definition) is 5. The second kappa shape index (κ2) is 6.31. The summed E-state index contributed by atoms with van der Waals surface area (Å²) in [4.78, 5) is 0.465. The van der Waals surface area contributed by atoms with Crippen LogP contribution >= 0.6 is 0 Å². The number of sulfonamides is 1. The summed E-state index contributed by atoms with van der Waals surface area (Å²) in [6.07, 6.45) is -3.57. The molecule has 6 nitrogen and oxygen atoms in total. The molecule has 29 heavy (non-hydrogen) atoms. The van der Waals surface area contributed by atoms with Crippen LogP contribution in [0.3, 0.4) is 0 Å². The fourth-order valence-corrected chi connectivity index (χ4v) is 5.14. The summed E-state index contributed by atoms with van der Waals surface area (Å²) in [5, 5.41) is 13.1. The van der Waals surface area contributed by atoms with Gasteiger partial charge in [-0.15, -0.1) is 4.40 Å². The molecule has 1 saturated carbocycles. The molecule has 11 heteroatoms. The first-order chi connectivity index (χ1) is 13.3. The summed E-state index contributed by atoms with van der Waals surface area (Å²) in [6, 6.07) is -0.305. The molecule has 0 unspecified atom stereocenters. The maximum absolute atomic E-state index is 14.3. The Morgan fingerprint density at radius 1 is 1.24 bits per heavy atom. The van der Waals surface area contributed by atoms with E-state index in [9.17, 15) is 31.1 Å². The Labute approximate surface area is 165 Å². The van der Waals surface area contributed by atoms with Crippen molar-refractivity contribution in [2.24, 2.45) is 16.2 Å². The van der Waals surface area contributed by atoms with Crippen LogP contribution in [0.2, 0.25) is 0 Å². The second-order valence-electron chi connectivity index (χ2n) is 8.44.